The molecule has 9 heteroatoms. The maximum Gasteiger partial charge on any atom is 0.246 e. The van der Waals surface area contributed by atoms with Crippen LogP contribution < -0.4 is 20.5 Å². The van der Waals surface area contributed by atoms with Crippen LogP contribution >= 0.6 is 11.6 Å². The van der Waals surface area contributed by atoms with Gasteiger partial charge in [0.05, 0.1) is 17.7 Å². The second-order valence-electron chi connectivity index (χ2n) is 5.27. The fourth-order valence-electron chi connectivity index (χ4n) is 2.07. The molecule has 0 aromatic heterocycles. The van der Waals surface area contributed by atoms with Crippen molar-refractivity contribution in [3.63, 3.8) is 0 Å². The van der Waals surface area contributed by atoms with Crippen LogP contribution in [0, 0.1) is 0 Å². The van der Waals surface area contributed by atoms with Gasteiger partial charge >= 0.3 is 0 Å². The summed E-state index contributed by atoms with van der Waals surface area (Å²) in [6, 6.07) is 10.0. The van der Waals surface area contributed by atoms with Crippen LogP contribution in [0.25, 0.3) is 0 Å². The monoisotopic (exact) mass is 383 g/mol. The minimum absolute atomic E-state index is 0.0275. The number of nitrogens with one attached hydrogen (secondary N) is 2. The molecule has 4 N–H and O–H groups in total. The number of nitrogens with two attached hydrogens (primary N) is 1. The Morgan fingerprint density at radius 2 is 1.84 bits per heavy atom. The lowest BCUT2D eigenvalue weighted by Gasteiger charge is -2.17. The Balaban J connectivity index is 2.07. The van der Waals surface area contributed by atoms with Crippen LogP contribution in [0.15, 0.2) is 47.4 Å². The molecule has 0 radical (unpaired) electrons. The maximum atomic E-state index is 12.3. The van der Waals surface area contributed by atoms with Crippen LogP contribution in [0.4, 0.5) is 11.4 Å². The summed E-state index contributed by atoms with van der Waals surface area (Å²) in [4.78, 5) is 12.3. The minimum Gasteiger partial charge on any atom is -0.495 e. The minimum atomic E-state index is -3.77. The Hall–Kier alpha value is -2.29. The van der Waals surface area contributed by atoms with Gasteiger partial charge in [-0.05, 0) is 49.4 Å². The lowest BCUT2D eigenvalue weighted by molar-refractivity contribution is -0.116. The second kappa shape index (κ2) is 7.73. The highest BCUT2D eigenvalue weighted by atomic mass is 35.5. The topological polar surface area (TPSA) is 111 Å². The summed E-state index contributed by atoms with van der Waals surface area (Å²) >= 11 is 5.96. The Morgan fingerprint density at radius 1 is 1.20 bits per heavy atom. The van der Waals surface area contributed by atoms with Crippen molar-refractivity contribution in [3.05, 3.63) is 47.5 Å². The SMILES string of the molecule is COc1ccc(Cl)cc1N[C@H](C)C(=O)Nc1ccc(S(N)(=O)=O)cc1. The largest absolute Gasteiger partial charge is 0.495 e. The van der Waals surface area contributed by atoms with Crippen molar-refractivity contribution in [1.82, 2.24) is 0 Å². The van der Waals surface area contributed by atoms with Crippen LogP contribution in [0.1, 0.15) is 6.92 Å². The van der Waals surface area contributed by atoms with E-state index in [-0.39, 0.29) is 10.8 Å². The lowest BCUT2D eigenvalue weighted by Crippen LogP contribution is -2.32. The number of amides is 1. The second-order valence-corrected chi connectivity index (χ2v) is 7.27. The third-order valence-electron chi connectivity index (χ3n) is 3.38. The number of halogens is 1. The van der Waals surface area contributed by atoms with Crippen molar-refractivity contribution >= 4 is 38.9 Å². The van der Waals surface area contributed by atoms with Gasteiger partial charge in [-0.3, -0.25) is 4.79 Å². The Labute approximate surface area is 151 Å². The molecule has 134 valence electrons. The van der Waals surface area contributed by atoms with Gasteiger partial charge in [0.15, 0.2) is 0 Å². The molecule has 0 fully saturated rings. The molecular weight excluding hydrogens is 366 g/mol. The van der Waals surface area contributed by atoms with Gasteiger partial charge in [0, 0.05) is 10.7 Å². The zero-order chi connectivity index (χ0) is 18.6. The number of primary sulfonamides is 1. The van der Waals surface area contributed by atoms with Crippen LogP contribution in [-0.4, -0.2) is 27.5 Å². The number of hydrogen-bond acceptors (Lipinski definition) is 5. The first-order valence-electron chi connectivity index (χ1n) is 7.24. The van der Waals surface area contributed by atoms with E-state index in [1.165, 1.54) is 31.4 Å². The van der Waals surface area contributed by atoms with Crippen LogP contribution in [-0.2, 0) is 14.8 Å². The van der Waals surface area contributed by atoms with Gasteiger partial charge < -0.3 is 15.4 Å². The van der Waals surface area contributed by atoms with Crippen LogP contribution in [0.2, 0.25) is 5.02 Å². The predicted molar refractivity (Wildman–Crippen MR) is 97.5 cm³/mol. The summed E-state index contributed by atoms with van der Waals surface area (Å²) < 4.78 is 27.7. The van der Waals surface area contributed by atoms with Crippen molar-refractivity contribution < 1.29 is 17.9 Å². The van der Waals surface area contributed by atoms with E-state index in [1.807, 2.05) is 0 Å². The smallest absolute Gasteiger partial charge is 0.246 e. The van der Waals surface area contributed by atoms with Gasteiger partial charge in [0.25, 0.3) is 0 Å². The third-order valence-corrected chi connectivity index (χ3v) is 4.54. The predicted octanol–water partition coefficient (Wildman–Crippen LogP) is 2.44. The van der Waals surface area contributed by atoms with Crippen molar-refractivity contribution in [2.24, 2.45) is 5.14 Å². The van der Waals surface area contributed by atoms with Gasteiger partial charge in [0.1, 0.15) is 11.8 Å². The van der Waals surface area contributed by atoms with Crippen LogP contribution in [0.3, 0.4) is 0 Å². The van der Waals surface area contributed by atoms with E-state index in [1.54, 1.807) is 25.1 Å². The third kappa shape index (κ3) is 5.09. The van der Waals surface area contributed by atoms with Gasteiger partial charge in [-0.2, -0.15) is 0 Å². The summed E-state index contributed by atoms with van der Waals surface area (Å²) in [7, 11) is -2.25. The van der Waals surface area contributed by atoms with Gasteiger partial charge in [-0.15, -0.1) is 0 Å². The van der Waals surface area contributed by atoms with Crippen LogP contribution in [0.5, 0.6) is 5.75 Å². The number of methoxy groups -OCH3 is 1. The number of rotatable bonds is 6. The van der Waals surface area contributed by atoms with Gasteiger partial charge in [0.2, 0.25) is 15.9 Å². The summed E-state index contributed by atoms with van der Waals surface area (Å²) in [5.41, 5.74) is 1.03. The molecule has 7 nitrogen and oxygen atoms in total. The average molecular weight is 384 g/mol. The maximum absolute atomic E-state index is 12.3. The van der Waals surface area contributed by atoms with Crippen molar-refractivity contribution in [1.29, 1.82) is 0 Å². The number of carbonyl (C=O) groups is 1. The fourth-order valence-corrected chi connectivity index (χ4v) is 2.76. The number of sulfonamides is 1. The molecule has 0 bridgehead atoms. The Kier molecular flexibility index (Phi) is 5.89. The normalized spacial score (nSPS) is 12.3. The van der Waals surface area contributed by atoms with Crippen molar-refractivity contribution in [2.75, 3.05) is 17.7 Å². The molecule has 1 atom stereocenters. The molecule has 2 rings (SSSR count). The highest BCUT2D eigenvalue weighted by Gasteiger charge is 2.16. The quantitative estimate of drug-likeness (QED) is 0.709. The molecule has 2 aromatic rings. The van der Waals surface area contributed by atoms with E-state index in [2.05, 4.69) is 10.6 Å². The molecule has 25 heavy (non-hydrogen) atoms. The summed E-state index contributed by atoms with van der Waals surface area (Å²) in [5, 5.41) is 11.2. The molecule has 2 aromatic carbocycles. The van der Waals surface area contributed by atoms with E-state index in [0.29, 0.717) is 22.1 Å². The average Bonchev–Trinajstić information content (AvgIpc) is 2.54. The molecule has 1 amide bonds. The Morgan fingerprint density at radius 3 is 2.40 bits per heavy atom. The van der Waals surface area contributed by atoms with E-state index in [0.717, 1.165) is 0 Å². The number of carbonyl (C=O) groups excluding carboxylic acids is 1. The first kappa shape index (κ1) is 19.0. The summed E-state index contributed by atoms with van der Waals surface area (Å²) in [6.07, 6.45) is 0. The summed E-state index contributed by atoms with van der Waals surface area (Å²) in [5.74, 6) is 0.243. The lowest BCUT2D eigenvalue weighted by atomic mass is 10.2. The van der Waals surface area contributed by atoms with Gasteiger partial charge in [-0.25, -0.2) is 13.6 Å². The van der Waals surface area contributed by atoms with E-state index >= 15 is 0 Å². The Bertz CT molecular complexity index is 869. The first-order chi connectivity index (χ1) is 11.7. The highest BCUT2D eigenvalue weighted by molar-refractivity contribution is 7.89. The number of hydrogen-bond donors (Lipinski definition) is 3. The first-order valence-corrected chi connectivity index (χ1v) is 9.17. The number of ether oxygens (including phenoxy) is 1. The van der Waals surface area contributed by atoms with E-state index < -0.39 is 16.1 Å². The molecule has 0 spiro atoms. The van der Waals surface area contributed by atoms with E-state index in [4.69, 9.17) is 21.5 Å². The molecule has 0 heterocycles. The molecular formula is C16H18ClN3O4S. The standard InChI is InChI=1S/C16H18ClN3O4S/c1-10(19-14-9-11(17)3-8-15(14)24-2)16(21)20-12-4-6-13(7-5-12)25(18,22)23/h3-10,19H,1-2H3,(H,20,21)(H2,18,22,23)/t10-/m1/s1. The zero-order valence-electron chi connectivity index (χ0n) is 13.6. The zero-order valence-corrected chi connectivity index (χ0v) is 15.2. The number of anilines is 2. The van der Waals surface area contributed by atoms with Crippen molar-refractivity contribution in [3.8, 4) is 5.75 Å². The number of benzene rings is 2. The molecule has 0 aliphatic carbocycles. The van der Waals surface area contributed by atoms with E-state index in [9.17, 15) is 13.2 Å². The summed E-state index contributed by atoms with van der Waals surface area (Å²) in [6.45, 7) is 1.67. The highest BCUT2D eigenvalue weighted by Crippen LogP contribution is 2.28. The molecule has 0 saturated carbocycles. The molecule has 0 aliphatic heterocycles. The fraction of sp³-hybridized carbons (Fsp3) is 0.188. The van der Waals surface area contributed by atoms with Crippen molar-refractivity contribution in [2.45, 2.75) is 17.9 Å². The molecule has 0 saturated heterocycles. The van der Waals surface area contributed by atoms with Gasteiger partial charge in [-0.1, -0.05) is 11.6 Å². The molecule has 0 aliphatic rings. The molecule has 0 unspecified atom stereocenters.